The Hall–Kier alpha value is -1.35. The van der Waals surface area contributed by atoms with Gasteiger partial charge in [-0.15, -0.1) is 24.0 Å². The predicted octanol–water partition coefficient (Wildman–Crippen LogP) is 3.40. The smallest absolute Gasteiger partial charge is 0.193 e. The fourth-order valence-corrected chi connectivity index (χ4v) is 3.24. The number of nitrogens with zero attached hydrogens (tertiary/aromatic N) is 4. The zero-order chi connectivity index (χ0) is 17.1. The van der Waals surface area contributed by atoms with Gasteiger partial charge in [0, 0.05) is 45.8 Å². The Morgan fingerprint density at radius 3 is 2.92 bits per heavy atom. The average molecular weight is 478 g/mol. The van der Waals surface area contributed by atoms with Crippen LogP contribution in [0.2, 0.25) is 5.02 Å². The van der Waals surface area contributed by atoms with Crippen molar-refractivity contribution in [1.82, 2.24) is 20.0 Å². The van der Waals surface area contributed by atoms with Gasteiger partial charge in [0.15, 0.2) is 5.96 Å². The normalized spacial score (nSPS) is 17.5. The maximum Gasteiger partial charge on any atom is 0.193 e. The van der Waals surface area contributed by atoms with Gasteiger partial charge < -0.3 is 10.2 Å². The standard InChI is InChI=1S/C17H21ClFN5.HI/c1-20-17(21-8-12-3-4-16(19)15(18)7-12)24-6-5-13(11-24)14-9-22-23(2)10-14;/h3-4,7,9-10,13H,5-6,8,11H2,1-2H3,(H,20,21);1H. The summed E-state index contributed by atoms with van der Waals surface area (Å²) in [5.41, 5.74) is 2.19. The van der Waals surface area contributed by atoms with E-state index in [9.17, 15) is 4.39 Å². The highest BCUT2D eigenvalue weighted by Gasteiger charge is 2.26. The number of rotatable bonds is 3. The zero-order valence-electron chi connectivity index (χ0n) is 14.2. The SMILES string of the molecule is CN=C(NCc1ccc(F)c(Cl)c1)N1CCC(c2cnn(C)c2)C1.I. The van der Waals surface area contributed by atoms with E-state index in [-0.39, 0.29) is 29.0 Å². The second kappa shape index (κ2) is 8.84. The van der Waals surface area contributed by atoms with E-state index in [1.807, 2.05) is 17.9 Å². The number of aliphatic imine (C=N–C) groups is 1. The van der Waals surface area contributed by atoms with E-state index in [4.69, 9.17) is 11.6 Å². The monoisotopic (exact) mass is 477 g/mol. The van der Waals surface area contributed by atoms with E-state index < -0.39 is 5.82 Å². The van der Waals surface area contributed by atoms with E-state index >= 15 is 0 Å². The van der Waals surface area contributed by atoms with E-state index in [2.05, 4.69) is 26.5 Å². The first-order chi connectivity index (χ1) is 11.6. The third-order valence-electron chi connectivity index (χ3n) is 4.33. The van der Waals surface area contributed by atoms with Crippen LogP contribution in [0.5, 0.6) is 0 Å². The Bertz CT molecular complexity index is 748. The molecule has 0 bridgehead atoms. The topological polar surface area (TPSA) is 45.5 Å². The van der Waals surface area contributed by atoms with Crippen molar-refractivity contribution in [2.24, 2.45) is 12.0 Å². The maximum absolute atomic E-state index is 13.2. The number of aryl methyl sites for hydroxylation is 1. The lowest BCUT2D eigenvalue weighted by Gasteiger charge is -2.21. The highest BCUT2D eigenvalue weighted by Crippen LogP contribution is 2.26. The van der Waals surface area contributed by atoms with Crippen molar-refractivity contribution >= 4 is 41.5 Å². The summed E-state index contributed by atoms with van der Waals surface area (Å²) in [6.07, 6.45) is 5.09. The van der Waals surface area contributed by atoms with Gasteiger partial charge in [-0.2, -0.15) is 5.10 Å². The van der Waals surface area contributed by atoms with Gasteiger partial charge in [-0.1, -0.05) is 17.7 Å². The van der Waals surface area contributed by atoms with Crippen LogP contribution >= 0.6 is 35.6 Å². The molecule has 2 aromatic rings. The molecular formula is C17H22ClFIN5. The highest BCUT2D eigenvalue weighted by molar-refractivity contribution is 14.0. The van der Waals surface area contributed by atoms with Gasteiger partial charge in [-0.05, 0) is 29.7 Å². The minimum absolute atomic E-state index is 0. The third-order valence-corrected chi connectivity index (χ3v) is 4.62. The molecule has 1 aliphatic heterocycles. The number of hydrogen-bond donors (Lipinski definition) is 1. The third kappa shape index (κ3) is 4.84. The van der Waals surface area contributed by atoms with Crippen LogP contribution in [0.4, 0.5) is 4.39 Å². The number of nitrogens with one attached hydrogen (secondary N) is 1. The van der Waals surface area contributed by atoms with E-state index in [1.54, 1.807) is 19.2 Å². The minimum atomic E-state index is -0.399. The van der Waals surface area contributed by atoms with Gasteiger partial charge in [0.2, 0.25) is 0 Å². The molecule has 2 heterocycles. The molecule has 1 aliphatic rings. The van der Waals surface area contributed by atoms with Crippen molar-refractivity contribution in [3.63, 3.8) is 0 Å². The van der Waals surface area contributed by atoms with Gasteiger partial charge >= 0.3 is 0 Å². The van der Waals surface area contributed by atoms with Crippen LogP contribution in [0, 0.1) is 5.82 Å². The van der Waals surface area contributed by atoms with Crippen LogP contribution in [0.1, 0.15) is 23.5 Å². The van der Waals surface area contributed by atoms with Crippen LogP contribution in [0.3, 0.4) is 0 Å². The second-order valence-electron chi connectivity index (χ2n) is 6.03. The van der Waals surface area contributed by atoms with Crippen LogP contribution in [-0.2, 0) is 13.6 Å². The van der Waals surface area contributed by atoms with Crippen LogP contribution in [0.15, 0.2) is 35.6 Å². The molecule has 8 heteroatoms. The van der Waals surface area contributed by atoms with Gasteiger partial charge in [-0.3, -0.25) is 9.67 Å². The first kappa shape index (κ1) is 20.0. The molecule has 1 fully saturated rings. The lowest BCUT2D eigenvalue weighted by atomic mass is 10.0. The molecule has 1 atom stereocenters. The lowest BCUT2D eigenvalue weighted by Crippen LogP contribution is -2.39. The van der Waals surface area contributed by atoms with Gasteiger partial charge in [0.25, 0.3) is 0 Å². The van der Waals surface area contributed by atoms with Crippen molar-refractivity contribution < 1.29 is 4.39 Å². The summed E-state index contributed by atoms with van der Waals surface area (Å²) in [6, 6.07) is 4.75. The summed E-state index contributed by atoms with van der Waals surface area (Å²) in [7, 11) is 3.71. The largest absolute Gasteiger partial charge is 0.352 e. The first-order valence-corrected chi connectivity index (χ1v) is 8.32. The maximum atomic E-state index is 13.2. The first-order valence-electron chi connectivity index (χ1n) is 7.95. The Morgan fingerprint density at radius 1 is 1.48 bits per heavy atom. The molecule has 25 heavy (non-hydrogen) atoms. The summed E-state index contributed by atoms with van der Waals surface area (Å²) in [4.78, 5) is 6.60. The molecule has 0 saturated carbocycles. The predicted molar refractivity (Wildman–Crippen MR) is 109 cm³/mol. The van der Waals surface area contributed by atoms with Gasteiger partial charge in [-0.25, -0.2) is 4.39 Å². The molecule has 0 radical (unpaired) electrons. The zero-order valence-corrected chi connectivity index (χ0v) is 17.3. The van der Waals surface area contributed by atoms with Crippen molar-refractivity contribution in [3.05, 3.63) is 52.6 Å². The van der Waals surface area contributed by atoms with Crippen molar-refractivity contribution in [2.45, 2.75) is 18.9 Å². The fraction of sp³-hybridized carbons (Fsp3) is 0.412. The summed E-state index contributed by atoms with van der Waals surface area (Å²) < 4.78 is 15.1. The molecule has 1 aromatic heterocycles. The molecule has 1 saturated heterocycles. The van der Waals surface area contributed by atoms with Gasteiger partial charge in [0.1, 0.15) is 5.82 Å². The summed E-state index contributed by atoms with van der Waals surface area (Å²) in [5.74, 6) is 0.919. The molecule has 0 aliphatic carbocycles. The fourth-order valence-electron chi connectivity index (χ4n) is 3.04. The average Bonchev–Trinajstić information content (AvgIpc) is 3.20. The molecule has 1 N–H and O–H groups in total. The molecule has 1 aromatic carbocycles. The van der Waals surface area contributed by atoms with Crippen molar-refractivity contribution in [1.29, 1.82) is 0 Å². The summed E-state index contributed by atoms with van der Waals surface area (Å²) in [5, 5.41) is 7.72. The van der Waals surface area contributed by atoms with Crippen LogP contribution < -0.4 is 5.32 Å². The van der Waals surface area contributed by atoms with E-state index in [0.29, 0.717) is 12.5 Å². The molecular weight excluding hydrogens is 456 g/mol. The number of benzene rings is 1. The number of guanidine groups is 1. The molecule has 5 nitrogen and oxygen atoms in total. The number of halogens is 3. The van der Waals surface area contributed by atoms with Gasteiger partial charge in [0.05, 0.1) is 11.2 Å². The van der Waals surface area contributed by atoms with E-state index in [0.717, 1.165) is 31.0 Å². The summed E-state index contributed by atoms with van der Waals surface area (Å²) in [6.45, 7) is 2.42. The minimum Gasteiger partial charge on any atom is -0.352 e. The Balaban J connectivity index is 0.00000225. The Morgan fingerprint density at radius 2 is 2.28 bits per heavy atom. The summed E-state index contributed by atoms with van der Waals surface area (Å²) >= 11 is 5.83. The molecule has 0 spiro atoms. The lowest BCUT2D eigenvalue weighted by molar-refractivity contribution is 0.485. The molecule has 1 unspecified atom stereocenters. The highest BCUT2D eigenvalue weighted by atomic mass is 127. The Labute approximate surface area is 169 Å². The Kier molecular flexibility index (Phi) is 7.06. The molecule has 136 valence electrons. The van der Waals surface area contributed by atoms with Crippen LogP contribution in [0.25, 0.3) is 0 Å². The number of aromatic nitrogens is 2. The second-order valence-corrected chi connectivity index (χ2v) is 6.44. The molecule has 0 amide bonds. The van der Waals surface area contributed by atoms with Crippen LogP contribution in [-0.4, -0.2) is 40.8 Å². The number of hydrogen-bond acceptors (Lipinski definition) is 2. The molecule has 3 rings (SSSR count). The van der Waals surface area contributed by atoms with Crippen molar-refractivity contribution in [2.75, 3.05) is 20.1 Å². The number of likely N-dealkylation sites (tertiary alicyclic amines) is 1. The van der Waals surface area contributed by atoms with E-state index in [1.165, 1.54) is 11.6 Å². The van der Waals surface area contributed by atoms with Crippen molar-refractivity contribution in [3.8, 4) is 0 Å². The quantitative estimate of drug-likeness (QED) is 0.419.